The van der Waals surface area contributed by atoms with Gasteiger partial charge < -0.3 is 14.4 Å². The van der Waals surface area contributed by atoms with Crippen LogP contribution in [0.4, 0.5) is 19.0 Å². The minimum atomic E-state index is -4.40. The second-order valence-electron chi connectivity index (χ2n) is 6.16. The SMILES string of the molecule is Cc1cc(=O)c(O)c(CN2CCN(c3ccc(C(F)(F)F)cn3)CC2)o1. The van der Waals surface area contributed by atoms with Crippen molar-refractivity contribution in [2.24, 2.45) is 0 Å². The Kier molecular flexibility index (Phi) is 4.90. The predicted octanol–water partition coefficient (Wildman–Crippen LogP) is 2.39. The molecule has 3 rings (SSSR count). The minimum Gasteiger partial charge on any atom is -0.502 e. The topological polar surface area (TPSA) is 69.8 Å². The summed E-state index contributed by atoms with van der Waals surface area (Å²) in [5.74, 6) is 0.747. The molecule has 2 aromatic heterocycles. The zero-order valence-electron chi connectivity index (χ0n) is 14.1. The fourth-order valence-electron chi connectivity index (χ4n) is 2.85. The summed E-state index contributed by atoms with van der Waals surface area (Å²) in [6.45, 7) is 4.25. The predicted molar refractivity (Wildman–Crippen MR) is 88.1 cm³/mol. The molecule has 1 aliphatic rings. The third kappa shape index (κ3) is 3.98. The first-order valence-corrected chi connectivity index (χ1v) is 8.07. The van der Waals surface area contributed by atoms with Crippen LogP contribution in [-0.2, 0) is 12.7 Å². The maximum Gasteiger partial charge on any atom is 0.417 e. The van der Waals surface area contributed by atoms with E-state index in [9.17, 15) is 23.1 Å². The average molecular weight is 369 g/mol. The summed E-state index contributed by atoms with van der Waals surface area (Å²) in [5, 5.41) is 9.83. The number of piperazine rings is 1. The van der Waals surface area contributed by atoms with Crippen LogP contribution in [-0.4, -0.2) is 41.2 Å². The Labute approximate surface area is 147 Å². The lowest BCUT2D eigenvalue weighted by atomic mass is 10.2. The van der Waals surface area contributed by atoms with E-state index in [-0.39, 0.29) is 18.1 Å². The lowest BCUT2D eigenvalue weighted by Crippen LogP contribution is -2.46. The maximum atomic E-state index is 12.6. The van der Waals surface area contributed by atoms with Gasteiger partial charge in [-0.25, -0.2) is 4.98 Å². The molecule has 9 heteroatoms. The number of halogens is 3. The Morgan fingerprint density at radius 3 is 2.50 bits per heavy atom. The molecule has 0 spiro atoms. The number of hydrogen-bond acceptors (Lipinski definition) is 6. The number of rotatable bonds is 3. The van der Waals surface area contributed by atoms with Crippen molar-refractivity contribution in [1.82, 2.24) is 9.88 Å². The van der Waals surface area contributed by atoms with Gasteiger partial charge in [-0.1, -0.05) is 0 Å². The number of hydrogen-bond donors (Lipinski definition) is 1. The van der Waals surface area contributed by atoms with Crippen molar-refractivity contribution >= 4 is 5.82 Å². The summed E-state index contributed by atoms with van der Waals surface area (Å²) in [6.07, 6.45) is -3.56. The number of anilines is 1. The number of aromatic nitrogens is 1. The van der Waals surface area contributed by atoms with E-state index in [4.69, 9.17) is 4.42 Å². The smallest absolute Gasteiger partial charge is 0.417 e. The highest BCUT2D eigenvalue weighted by Gasteiger charge is 2.31. The van der Waals surface area contributed by atoms with Gasteiger partial charge in [-0.15, -0.1) is 0 Å². The summed E-state index contributed by atoms with van der Waals surface area (Å²) in [6, 6.07) is 3.62. The molecule has 0 radical (unpaired) electrons. The van der Waals surface area contributed by atoms with E-state index in [0.29, 0.717) is 37.8 Å². The number of alkyl halides is 3. The van der Waals surface area contributed by atoms with Crippen molar-refractivity contribution in [2.75, 3.05) is 31.1 Å². The molecule has 26 heavy (non-hydrogen) atoms. The second-order valence-corrected chi connectivity index (χ2v) is 6.16. The molecular formula is C17H18F3N3O3. The highest BCUT2D eigenvalue weighted by atomic mass is 19.4. The zero-order chi connectivity index (χ0) is 18.9. The zero-order valence-corrected chi connectivity index (χ0v) is 14.1. The first kappa shape index (κ1) is 18.2. The molecule has 0 aromatic carbocycles. The van der Waals surface area contributed by atoms with Crippen LogP contribution >= 0.6 is 0 Å². The Bertz CT molecular complexity index is 826. The molecule has 3 heterocycles. The monoisotopic (exact) mass is 369 g/mol. The van der Waals surface area contributed by atoms with Gasteiger partial charge in [0.05, 0.1) is 12.1 Å². The summed E-state index contributed by atoms with van der Waals surface area (Å²) in [7, 11) is 0. The molecule has 0 unspecified atom stereocenters. The van der Waals surface area contributed by atoms with E-state index in [2.05, 4.69) is 4.98 Å². The van der Waals surface area contributed by atoms with Gasteiger partial charge in [-0.05, 0) is 19.1 Å². The van der Waals surface area contributed by atoms with Crippen LogP contribution < -0.4 is 10.3 Å². The molecule has 0 atom stereocenters. The normalized spacial score (nSPS) is 16.1. The fraction of sp³-hybridized carbons (Fsp3) is 0.412. The van der Waals surface area contributed by atoms with Gasteiger partial charge >= 0.3 is 6.18 Å². The van der Waals surface area contributed by atoms with Gasteiger partial charge in [0.25, 0.3) is 0 Å². The standard InChI is InChI=1S/C17H18F3N3O3/c1-11-8-13(24)16(25)14(26-11)10-22-4-6-23(7-5-22)15-3-2-12(9-21-15)17(18,19)20/h2-3,8-9,25H,4-7,10H2,1H3. The first-order chi connectivity index (χ1) is 12.2. The van der Waals surface area contributed by atoms with Crippen LogP contribution in [0.15, 0.2) is 33.6 Å². The molecule has 1 aliphatic heterocycles. The van der Waals surface area contributed by atoms with Crippen molar-refractivity contribution in [1.29, 1.82) is 0 Å². The van der Waals surface area contributed by atoms with Crippen molar-refractivity contribution in [3.63, 3.8) is 0 Å². The quantitative estimate of drug-likeness (QED) is 0.896. The largest absolute Gasteiger partial charge is 0.502 e. The number of pyridine rings is 1. The fourth-order valence-corrected chi connectivity index (χ4v) is 2.85. The van der Waals surface area contributed by atoms with Crippen molar-refractivity contribution in [3.8, 4) is 5.75 Å². The number of aryl methyl sites for hydroxylation is 1. The lowest BCUT2D eigenvalue weighted by molar-refractivity contribution is -0.137. The molecule has 1 N–H and O–H groups in total. The van der Waals surface area contributed by atoms with E-state index in [1.807, 2.05) is 9.80 Å². The average Bonchev–Trinajstić information content (AvgIpc) is 2.59. The van der Waals surface area contributed by atoms with Crippen molar-refractivity contribution < 1.29 is 22.7 Å². The highest BCUT2D eigenvalue weighted by molar-refractivity contribution is 5.40. The van der Waals surface area contributed by atoms with E-state index in [1.54, 1.807) is 6.92 Å². The molecule has 6 nitrogen and oxygen atoms in total. The second kappa shape index (κ2) is 6.99. The number of aromatic hydroxyl groups is 1. The van der Waals surface area contributed by atoms with Crippen LogP contribution in [0.1, 0.15) is 17.1 Å². The van der Waals surface area contributed by atoms with Crippen molar-refractivity contribution in [3.05, 3.63) is 51.7 Å². The number of nitrogens with zero attached hydrogens (tertiary/aromatic N) is 3. The molecule has 0 saturated carbocycles. The van der Waals surface area contributed by atoms with Crippen LogP contribution in [0, 0.1) is 6.92 Å². The van der Waals surface area contributed by atoms with Crippen LogP contribution in [0.3, 0.4) is 0 Å². The molecule has 2 aromatic rings. The lowest BCUT2D eigenvalue weighted by Gasteiger charge is -2.35. The Hall–Kier alpha value is -2.55. The summed E-state index contributed by atoms with van der Waals surface area (Å²) in [4.78, 5) is 19.4. The van der Waals surface area contributed by atoms with Crippen LogP contribution in [0.5, 0.6) is 5.75 Å². The summed E-state index contributed by atoms with van der Waals surface area (Å²) < 4.78 is 43.2. The van der Waals surface area contributed by atoms with Crippen LogP contribution in [0.25, 0.3) is 0 Å². The van der Waals surface area contributed by atoms with E-state index in [0.717, 1.165) is 12.3 Å². The Morgan fingerprint density at radius 1 is 1.23 bits per heavy atom. The molecule has 0 bridgehead atoms. The maximum absolute atomic E-state index is 12.6. The van der Waals surface area contributed by atoms with Crippen molar-refractivity contribution in [2.45, 2.75) is 19.6 Å². The van der Waals surface area contributed by atoms with Gasteiger partial charge in [-0.2, -0.15) is 13.2 Å². The summed E-state index contributed by atoms with van der Waals surface area (Å²) in [5.41, 5.74) is -1.25. The van der Waals surface area contributed by atoms with E-state index in [1.165, 1.54) is 12.1 Å². The molecule has 140 valence electrons. The third-order valence-electron chi connectivity index (χ3n) is 4.25. The highest BCUT2D eigenvalue weighted by Crippen LogP contribution is 2.29. The minimum absolute atomic E-state index is 0.219. The van der Waals surface area contributed by atoms with Gasteiger partial charge in [0.2, 0.25) is 11.2 Å². The van der Waals surface area contributed by atoms with Gasteiger partial charge in [0.1, 0.15) is 11.6 Å². The van der Waals surface area contributed by atoms with Crippen LogP contribution in [0.2, 0.25) is 0 Å². The molecule has 0 aliphatic carbocycles. The molecule has 0 amide bonds. The Morgan fingerprint density at radius 2 is 1.92 bits per heavy atom. The third-order valence-corrected chi connectivity index (χ3v) is 4.25. The molecular weight excluding hydrogens is 351 g/mol. The molecule has 1 fully saturated rings. The Balaban J connectivity index is 1.62. The van der Waals surface area contributed by atoms with Gasteiger partial charge in [-0.3, -0.25) is 9.69 Å². The van der Waals surface area contributed by atoms with Gasteiger partial charge in [0, 0.05) is 38.4 Å². The molecule has 1 saturated heterocycles. The summed E-state index contributed by atoms with van der Waals surface area (Å²) >= 11 is 0. The van der Waals surface area contributed by atoms with Gasteiger partial charge in [0.15, 0.2) is 5.76 Å². The van der Waals surface area contributed by atoms with E-state index >= 15 is 0 Å². The first-order valence-electron chi connectivity index (χ1n) is 8.07. The van der Waals surface area contributed by atoms with E-state index < -0.39 is 17.2 Å².